The number of hydrogen-bond acceptors (Lipinski definition) is 4. The summed E-state index contributed by atoms with van der Waals surface area (Å²) in [6.45, 7) is 5.02. The van der Waals surface area contributed by atoms with Crippen LogP contribution in [0.4, 0.5) is 4.39 Å². The lowest BCUT2D eigenvalue weighted by Gasteiger charge is -2.27. The molecule has 0 saturated heterocycles. The van der Waals surface area contributed by atoms with Gasteiger partial charge in [-0.25, -0.2) is 4.39 Å². The maximum atomic E-state index is 13.9. The van der Waals surface area contributed by atoms with Crippen LogP contribution in [0.25, 0.3) is 0 Å². The fraction of sp³-hybridized carbons (Fsp3) is 0.467. The van der Waals surface area contributed by atoms with Crippen LogP contribution in [-0.2, 0) is 14.3 Å². The second kappa shape index (κ2) is 6.67. The van der Waals surface area contributed by atoms with Gasteiger partial charge in [-0.2, -0.15) is 0 Å². The van der Waals surface area contributed by atoms with E-state index in [1.165, 1.54) is 18.2 Å². The van der Waals surface area contributed by atoms with Crippen molar-refractivity contribution in [1.82, 2.24) is 0 Å². The number of nitrogens with two attached hydrogens (primary N) is 1. The van der Waals surface area contributed by atoms with Crippen LogP contribution in [0.2, 0.25) is 0 Å². The first-order chi connectivity index (χ1) is 9.61. The smallest absolute Gasteiger partial charge is 0.315 e. The first-order valence-electron chi connectivity index (χ1n) is 6.56. The molecule has 0 bridgehead atoms. The van der Waals surface area contributed by atoms with Gasteiger partial charge in [-0.05, 0) is 26.8 Å². The molecule has 0 radical (unpaired) electrons. The molecule has 0 fully saturated rings. The molecule has 21 heavy (non-hydrogen) atoms. The first-order valence-corrected chi connectivity index (χ1v) is 6.56. The Balaban J connectivity index is 3.14. The van der Waals surface area contributed by atoms with Crippen molar-refractivity contribution >= 4 is 11.9 Å². The molecule has 0 aliphatic carbocycles. The monoisotopic (exact) mass is 297 g/mol. The van der Waals surface area contributed by atoms with Gasteiger partial charge in [0.2, 0.25) is 0 Å². The van der Waals surface area contributed by atoms with E-state index in [2.05, 4.69) is 0 Å². The van der Waals surface area contributed by atoms with E-state index in [1.807, 2.05) is 0 Å². The van der Waals surface area contributed by atoms with E-state index in [0.29, 0.717) is 0 Å². The highest BCUT2D eigenvalue weighted by Crippen LogP contribution is 2.27. The van der Waals surface area contributed by atoms with Gasteiger partial charge in [0.1, 0.15) is 17.3 Å². The zero-order valence-corrected chi connectivity index (χ0v) is 12.3. The van der Waals surface area contributed by atoms with Gasteiger partial charge in [0.25, 0.3) is 0 Å². The molecule has 2 atom stereocenters. The van der Waals surface area contributed by atoms with E-state index in [9.17, 15) is 14.0 Å². The highest BCUT2D eigenvalue weighted by Gasteiger charge is 2.34. The van der Waals surface area contributed by atoms with Crippen LogP contribution in [-0.4, -0.2) is 28.7 Å². The van der Waals surface area contributed by atoms with E-state index < -0.39 is 41.7 Å². The number of aliphatic carboxylic acids is 1. The van der Waals surface area contributed by atoms with Gasteiger partial charge in [-0.1, -0.05) is 18.2 Å². The summed E-state index contributed by atoms with van der Waals surface area (Å²) in [4.78, 5) is 23.1. The maximum absolute atomic E-state index is 13.9. The summed E-state index contributed by atoms with van der Waals surface area (Å²) >= 11 is 0. The van der Waals surface area contributed by atoms with Crippen molar-refractivity contribution in [3.05, 3.63) is 35.6 Å². The van der Waals surface area contributed by atoms with Crippen molar-refractivity contribution in [2.45, 2.75) is 44.8 Å². The maximum Gasteiger partial charge on any atom is 0.315 e. The molecule has 0 saturated carbocycles. The Morgan fingerprint density at radius 2 is 1.90 bits per heavy atom. The van der Waals surface area contributed by atoms with Crippen LogP contribution in [0.5, 0.6) is 0 Å². The van der Waals surface area contributed by atoms with E-state index >= 15 is 0 Å². The molecule has 6 heteroatoms. The third kappa shape index (κ3) is 5.15. The normalized spacial score (nSPS) is 14.3. The number of ether oxygens (including phenoxy) is 1. The van der Waals surface area contributed by atoms with Crippen LogP contribution < -0.4 is 5.73 Å². The van der Waals surface area contributed by atoms with Gasteiger partial charge in [-0.3, -0.25) is 9.59 Å². The molecule has 0 heterocycles. The Morgan fingerprint density at radius 3 is 2.38 bits per heavy atom. The third-order valence-electron chi connectivity index (χ3n) is 2.74. The topological polar surface area (TPSA) is 89.6 Å². The molecule has 116 valence electrons. The molecule has 5 nitrogen and oxygen atoms in total. The number of carboxylic acids is 1. The molecule has 0 aromatic heterocycles. The van der Waals surface area contributed by atoms with Gasteiger partial charge in [0.05, 0.1) is 6.42 Å². The Morgan fingerprint density at radius 1 is 1.33 bits per heavy atom. The molecule has 3 N–H and O–H groups in total. The van der Waals surface area contributed by atoms with Crippen LogP contribution in [0.1, 0.15) is 38.7 Å². The Hall–Kier alpha value is -1.95. The predicted octanol–water partition coefficient (Wildman–Crippen LogP) is 2.05. The summed E-state index contributed by atoms with van der Waals surface area (Å²) in [5, 5.41) is 8.84. The van der Waals surface area contributed by atoms with Gasteiger partial charge in [0.15, 0.2) is 0 Å². The molecule has 0 aliphatic rings. The van der Waals surface area contributed by atoms with Crippen LogP contribution in [0.3, 0.4) is 0 Å². The summed E-state index contributed by atoms with van der Waals surface area (Å²) in [5.74, 6) is -3.68. The molecule has 0 aliphatic heterocycles. The number of carbonyl (C=O) groups is 2. The van der Waals surface area contributed by atoms with E-state index in [1.54, 1.807) is 26.8 Å². The fourth-order valence-corrected chi connectivity index (χ4v) is 1.94. The first kappa shape index (κ1) is 17.1. The molecule has 0 amide bonds. The van der Waals surface area contributed by atoms with Crippen molar-refractivity contribution in [1.29, 1.82) is 0 Å². The average molecular weight is 297 g/mol. The SMILES string of the molecule is CC(C)(C)OC(=O)[C@@H](c1ccccc1F)[C@@H](N)CC(=O)O. The second-order valence-corrected chi connectivity index (χ2v) is 5.79. The van der Waals surface area contributed by atoms with E-state index in [0.717, 1.165) is 0 Å². The molecule has 0 unspecified atom stereocenters. The number of hydrogen-bond donors (Lipinski definition) is 2. The minimum absolute atomic E-state index is 0.0421. The van der Waals surface area contributed by atoms with Crippen LogP contribution in [0, 0.1) is 5.82 Å². The molecule has 0 spiro atoms. The number of carbonyl (C=O) groups excluding carboxylic acids is 1. The van der Waals surface area contributed by atoms with Crippen molar-refractivity contribution in [3.8, 4) is 0 Å². The molecule has 1 rings (SSSR count). The second-order valence-electron chi connectivity index (χ2n) is 5.79. The lowest BCUT2D eigenvalue weighted by atomic mass is 9.89. The zero-order valence-electron chi connectivity index (χ0n) is 12.3. The largest absolute Gasteiger partial charge is 0.481 e. The Bertz CT molecular complexity index is 525. The highest BCUT2D eigenvalue weighted by molar-refractivity contribution is 5.81. The van der Waals surface area contributed by atoms with E-state index in [-0.39, 0.29) is 5.56 Å². The van der Waals surface area contributed by atoms with E-state index in [4.69, 9.17) is 15.6 Å². The summed E-state index contributed by atoms with van der Waals surface area (Å²) in [6, 6.07) is 4.57. The quantitative estimate of drug-likeness (QED) is 0.812. The van der Waals surface area contributed by atoms with Gasteiger partial charge in [0, 0.05) is 11.6 Å². The van der Waals surface area contributed by atoms with Crippen molar-refractivity contribution in [3.63, 3.8) is 0 Å². The molecule has 1 aromatic carbocycles. The molecule has 1 aromatic rings. The van der Waals surface area contributed by atoms with Crippen LogP contribution in [0.15, 0.2) is 24.3 Å². The minimum atomic E-state index is -1.17. The number of benzene rings is 1. The number of carboxylic acid groups (broad SMARTS) is 1. The summed E-state index contributed by atoms with van der Waals surface area (Å²) < 4.78 is 19.2. The van der Waals surface area contributed by atoms with Gasteiger partial charge < -0.3 is 15.6 Å². The Labute approximate surface area is 122 Å². The number of esters is 1. The Kier molecular flexibility index (Phi) is 5.43. The standard InChI is InChI=1S/C15H20FNO4/c1-15(2,3)21-14(20)13(11(17)8-12(18)19)9-6-4-5-7-10(9)16/h4-7,11,13H,8,17H2,1-3H3,(H,18,19)/t11-,13-/m0/s1. The fourth-order valence-electron chi connectivity index (χ4n) is 1.94. The van der Waals surface area contributed by atoms with Crippen molar-refractivity contribution in [2.24, 2.45) is 5.73 Å². The highest BCUT2D eigenvalue weighted by atomic mass is 19.1. The van der Waals surface area contributed by atoms with Crippen LogP contribution >= 0.6 is 0 Å². The number of halogens is 1. The van der Waals surface area contributed by atoms with Crippen molar-refractivity contribution < 1.29 is 23.8 Å². The molecular formula is C15H20FNO4. The van der Waals surface area contributed by atoms with Gasteiger partial charge >= 0.3 is 11.9 Å². The van der Waals surface area contributed by atoms with Gasteiger partial charge in [-0.15, -0.1) is 0 Å². The summed E-state index contributed by atoms with van der Waals surface area (Å²) in [6.07, 6.45) is -0.460. The zero-order chi connectivity index (χ0) is 16.2. The third-order valence-corrected chi connectivity index (χ3v) is 2.74. The summed E-state index contributed by atoms with van der Waals surface area (Å²) in [5.41, 5.74) is 5.06. The number of rotatable bonds is 5. The summed E-state index contributed by atoms with van der Waals surface area (Å²) in [7, 11) is 0. The molecular weight excluding hydrogens is 277 g/mol. The predicted molar refractivity (Wildman–Crippen MR) is 75.2 cm³/mol. The average Bonchev–Trinajstić information content (AvgIpc) is 2.28. The lowest BCUT2D eigenvalue weighted by molar-refractivity contribution is -0.157. The lowest BCUT2D eigenvalue weighted by Crippen LogP contribution is -2.39. The minimum Gasteiger partial charge on any atom is -0.481 e. The van der Waals surface area contributed by atoms with Crippen molar-refractivity contribution in [2.75, 3.05) is 0 Å².